The van der Waals surface area contributed by atoms with E-state index in [4.69, 9.17) is 0 Å². The summed E-state index contributed by atoms with van der Waals surface area (Å²) in [5.41, 5.74) is 12.3. The molecule has 0 bridgehead atoms. The van der Waals surface area contributed by atoms with Crippen molar-refractivity contribution in [3.8, 4) is 11.1 Å². The summed E-state index contributed by atoms with van der Waals surface area (Å²) in [4.78, 5) is 0. The van der Waals surface area contributed by atoms with Gasteiger partial charge < -0.3 is 0 Å². The van der Waals surface area contributed by atoms with Gasteiger partial charge in [-0.25, -0.2) is 0 Å². The van der Waals surface area contributed by atoms with Gasteiger partial charge in [-0.05, 0) is 0 Å². The van der Waals surface area contributed by atoms with Gasteiger partial charge in [-0.1, -0.05) is 0 Å². The minimum absolute atomic E-state index is 0. The fourth-order valence-corrected chi connectivity index (χ4v) is 19.1. The quantitative estimate of drug-likeness (QED) is 0.366. The Morgan fingerprint density at radius 3 is 2.00 bits per heavy atom. The molecule has 0 saturated carbocycles. The third-order valence-electron chi connectivity index (χ3n) is 7.12. The van der Waals surface area contributed by atoms with Crippen molar-refractivity contribution in [2.45, 2.75) is 51.9 Å². The van der Waals surface area contributed by atoms with E-state index >= 15 is 0 Å². The topological polar surface area (TPSA) is 0 Å². The molecule has 0 heterocycles. The van der Waals surface area contributed by atoms with Crippen LogP contribution in [0.4, 0.5) is 0 Å². The monoisotopic (exact) mass is 504 g/mol. The van der Waals surface area contributed by atoms with Crippen molar-refractivity contribution < 1.29 is 16.6 Å². The average molecular weight is 505 g/mol. The second-order valence-corrected chi connectivity index (χ2v) is 20.9. The molecule has 2 aliphatic carbocycles. The molecule has 0 N–H and O–H groups in total. The average Bonchev–Trinajstić information content (AvgIpc) is 3.13. The van der Waals surface area contributed by atoms with E-state index in [9.17, 15) is 0 Å². The second-order valence-electron chi connectivity index (χ2n) is 8.98. The van der Waals surface area contributed by atoms with Crippen molar-refractivity contribution >= 4 is 37.1 Å². The Bertz CT molecular complexity index is 1120. The van der Waals surface area contributed by atoms with Crippen LogP contribution in [-0.4, -0.2) is 6.19 Å². The molecule has 31 heavy (non-hydrogen) atoms. The van der Waals surface area contributed by atoms with E-state index in [2.05, 4.69) is 102 Å². The molecule has 0 nitrogen and oxygen atoms in total. The number of fused-ring (bicyclic) bond motifs is 1. The minimum atomic E-state index is -1.50. The molecule has 2 aliphatic rings. The maximum atomic E-state index is 2.59. The third kappa shape index (κ3) is 4.50. The fourth-order valence-electron chi connectivity index (χ4n) is 5.32. The van der Waals surface area contributed by atoms with E-state index < -0.39 is 16.6 Å². The van der Waals surface area contributed by atoms with Gasteiger partial charge in [-0.2, -0.15) is 0 Å². The zero-order valence-electron chi connectivity index (χ0n) is 19.7. The molecule has 2 aromatic rings. The standard InChI is InChI=1S/C16H13.C9H13.C2H6Si.2ClH.Ti/c1-12-10-14-8-5-9-15(16(14)11-12)13-6-3-2-4-7-13;1-6-5-7(2)9(4)8(6)3;1-3-2;;;/h2-11H,1H3;6H,1-4H3;1-2H3;2*1H;. The Balaban J connectivity index is 0.00000171. The molecule has 4 rings (SSSR count). The number of allylic oxidation sites excluding steroid dienone is 5. The summed E-state index contributed by atoms with van der Waals surface area (Å²) in [5.74, 6) is 0.652. The largest absolute Gasteiger partial charge is 0.147 e. The van der Waals surface area contributed by atoms with E-state index in [-0.39, 0.29) is 31.0 Å². The van der Waals surface area contributed by atoms with Gasteiger partial charge in [0.25, 0.3) is 0 Å². The first-order chi connectivity index (χ1) is 13.8. The van der Waals surface area contributed by atoms with E-state index in [1.807, 2.05) is 3.88 Å². The van der Waals surface area contributed by atoms with E-state index in [1.54, 1.807) is 27.9 Å². The number of benzene rings is 2. The first-order valence-electron chi connectivity index (χ1n) is 10.8. The third-order valence-corrected chi connectivity index (χ3v) is 19.8. The van der Waals surface area contributed by atoms with Crippen LogP contribution in [0.2, 0.25) is 13.1 Å². The molecular formula is C27H34Cl2SiTi. The van der Waals surface area contributed by atoms with Crippen LogP contribution in [0.3, 0.4) is 0 Å². The van der Waals surface area contributed by atoms with Crippen LogP contribution in [0.15, 0.2) is 74.7 Å². The summed E-state index contributed by atoms with van der Waals surface area (Å²) in [5, 5.41) is 0. The predicted molar refractivity (Wildman–Crippen MR) is 140 cm³/mol. The molecule has 0 saturated heterocycles. The Hall–Kier alpha value is -0.829. The maximum absolute atomic E-state index is 2.59. The number of rotatable bonds is 3. The Morgan fingerprint density at radius 1 is 0.806 bits per heavy atom. The van der Waals surface area contributed by atoms with Crippen LogP contribution in [0.25, 0.3) is 17.2 Å². The molecule has 0 spiro atoms. The van der Waals surface area contributed by atoms with Crippen molar-refractivity contribution in [2.75, 3.05) is 0 Å². The molecular weight excluding hydrogens is 471 g/mol. The van der Waals surface area contributed by atoms with Gasteiger partial charge in [0.1, 0.15) is 0 Å². The molecule has 2 unspecified atom stereocenters. The zero-order chi connectivity index (χ0) is 20.9. The molecule has 164 valence electrons. The summed E-state index contributed by atoms with van der Waals surface area (Å²) >= 11 is -1.50. The Labute approximate surface area is 207 Å². The predicted octanol–water partition coefficient (Wildman–Crippen LogP) is 8.78. The van der Waals surface area contributed by atoms with Crippen molar-refractivity contribution in [2.24, 2.45) is 5.92 Å². The normalized spacial score (nSPS) is 19.5. The summed E-state index contributed by atoms with van der Waals surface area (Å²) in [6.07, 6.45) is 2.16. The molecule has 2 atom stereocenters. The van der Waals surface area contributed by atoms with Gasteiger partial charge in [-0.15, -0.1) is 24.8 Å². The molecule has 4 heteroatoms. The van der Waals surface area contributed by atoms with Gasteiger partial charge in [0, 0.05) is 0 Å². The van der Waals surface area contributed by atoms with Crippen molar-refractivity contribution in [3.05, 3.63) is 85.8 Å². The summed E-state index contributed by atoms with van der Waals surface area (Å²) in [6, 6.07) is 18.0. The molecule has 0 fully saturated rings. The van der Waals surface area contributed by atoms with Gasteiger partial charge in [0.2, 0.25) is 0 Å². The summed E-state index contributed by atoms with van der Waals surface area (Å²) in [6.45, 7) is 17.2. The van der Waals surface area contributed by atoms with Crippen molar-refractivity contribution in [1.82, 2.24) is 0 Å². The Kier molecular flexibility index (Phi) is 8.87. The Morgan fingerprint density at radius 2 is 1.45 bits per heavy atom. The fraction of sp³-hybridized carbons (Fsp3) is 0.333. The zero-order valence-corrected chi connectivity index (χ0v) is 23.9. The van der Waals surface area contributed by atoms with Gasteiger partial charge >= 0.3 is 184 Å². The molecule has 0 aliphatic heterocycles. The SMILES string of the molecule is CC1=Cc2c(-c3ccccc3)cccc2[CH]1[Ti]([C]1=C(C)C(C)=C(C)C1C)=[Si](C)C.Cl.Cl. The second kappa shape index (κ2) is 10.4. The number of hydrogen-bond donors (Lipinski definition) is 0. The first-order valence-corrected chi connectivity index (χ1v) is 17.3. The summed E-state index contributed by atoms with van der Waals surface area (Å²) < 4.78 is 2.57. The van der Waals surface area contributed by atoms with Gasteiger partial charge in [-0.3, -0.25) is 0 Å². The minimum Gasteiger partial charge on any atom is -0.147 e. The molecule has 0 radical (unpaired) electrons. The van der Waals surface area contributed by atoms with E-state index in [1.165, 1.54) is 16.7 Å². The molecule has 0 amide bonds. The molecule has 0 aromatic heterocycles. The molecule has 2 aromatic carbocycles. The van der Waals surface area contributed by atoms with Crippen LogP contribution in [0, 0.1) is 5.92 Å². The smallest absolute Gasteiger partial charge is 0.147 e. The van der Waals surface area contributed by atoms with Crippen LogP contribution in [0.1, 0.15) is 50.0 Å². The first kappa shape index (κ1) is 26.4. The van der Waals surface area contributed by atoms with Gasteiger partial charge in [0.05, 0.1) is 0 Å². The maximum Gasteiger partial charge on any atom is -0.147 e. The van der Waals surface area contributed by atoms with Crippen LogP contribution < -0.4 is 0 Å². The van der Waals surface area contributed by atoms with Gasteiger partial charge in [0.15, 0.2) is 0 Å². The van der Waals surface area contributed by atoms with Crippen molar-refractivity contribution in [1.29, 1.82) is 0 Å². The van der Waals surface area contributed by atoms with Crippen LogP contribution in [0.5, 0.6) is 0 Å². The number of halogens is 2. The van der Waals surface area contributed by atoms with E-state index in [0.29, 0.717) is 10.1 Å². The number of hydrogen-bond acceptors (Lipinski definition) is 0. The summed E-state index contributed by atoms with van der Waals surface area (Å²) in [7, 11) is 0. The van der Waals surface area contributed by atoms with E-state index in [0.717, 1.165) is 0 Å². The van der Waals surface area contributed by atoms with Crippen molar-refractivity contribution in [3.63, 3.8) is 0 Å². The van der Waals surface area contributed by atoms with Crippen LogP contribution >= 0.6 is 24.8 Å². The van der Waals surface area contributed by atoms with Crippen LogP contribution in [-0.2, 0) is 16.6 Å².